The molecular weight excluding hydrogens is 440 g/mol. The lowest BCUT2D eigenvalue weighted by molar-refractivity contribution is -0.117. The molecule has 1 aliphatic rings. The number of nitrogens with zero attached hydrogens (tertiary/aromatic N) is 2. The Balaban J connectivity index is 1.74. The number of carboxylic acids is 1. The second-order valence-corrected chi connectivity index (χ2v) is 8.52. The van der Waals surface area contributed by atoms with E-state index in [0.29, 0.717) is 17.0 Å². The zero-order valence-electron chi connectivity index (χ0n) is 18.2. The van der Waals surface area contributed by atoms with Crippen LogP contribution < -0.4 is 9.80 Å². The molecule has 7 heteroatoms. The predicted molar refractivity (Wildman–Crippen MR) is 128 cm³/mol. The Labute approximate surface area is 197 Å². The summed E-state index contributed by atoms with van der Waals surface area (Å²) in [6.07, 6.45) is 0.540. The number of carbonyl (C=O) groups excluding carboxylic acids is 2. The van der Waals surface area contributed by atoms with Crippen LogP contribution in [-0.4, -0.2) is 28.9 Å². The third kappa shape index (κ3) is 4.34. The molecule has 3 aromatic rings. The molecule has 0 unspecified atom stereocenters. The summed E-state index contributed by atoms with van der Waals surface area (Å²) in [5, 5.41) is 9.72. The van der Waals surface area contributed by atoms with Crippen molar-refractivity contribution in [3.63, 3.8) is 0 Å². The van der Waals surface area contributed by atoms with Crippen molar-refractivity contribution in [2.45, 2.75) is 32.4 Å². The van der Waals surface area contributed by atoms with Gasteiger partial charge in [-0.05, 0) is 73.5 Å². The number of anilines is 2. The molecule has 0 saturated heterocycles. The van der Waals surface area contributed by atoms with Crippen molar-refractivity contribution in [1.29, 1.82) is 0 Å². The van der Waals surface area contributed by atoms with Crippen LogP contribution in [0.1, 0.15) is 52.6 Å². The van der Waals surface area contributed by atoms with Crippen LogP contribution in [-0.2, 0) is 4.79 Å². The van der Waals surface area contributed by atoms with Gasteiger partial charge in [0, 0.05) is 34.9 Å². The number of halogens is 1. The van der Waals surface area contributed by atoms with Crippen LogP contribution in [0.5, 0.6) is 0 Å². The molecular formula is C26H23ClN2O4. The van der Waals surface area contributed by atoms with E-state index in [-0.39, 0.29) is 29.5 Å². The molecule has 6 nitrogen and oxygen atoms in total. The average Bonchev–Trinajstić information content (AvgIpc) is 2.80. The number of carboxylic acid groups (broad SMARTS) is 1. The topological polar surface area (TPSA) is 77.9 Å². The molecule has 0 aromatic heterocycles. The van der Waals surface area contributed by atoms with Crippen LogP contribution in [0, 0.1) is 0 Å². The normalized spacial score (nSPS) is 17.2. The molecule has 2 amide bonds. The lowest BCUT2D eigenvalue weighted by Crippen LogP contribution is -2.47. The maximum atomic E-state index is 13.5. The second kappa shape index (κ2) is 9.08. The molecule has 4 rings (SSSR count). The fraction of sp³-hybridized carbons (Fsp3) is 0.192. The van der Waals surface area contributed by atoms with Crippen LogP contribution in [0.4, 0.5) is 11.4 Å². The van der Waals surface area contributed by atoms with Gasteiger partial charge in [-0.25, -0.2) is 4.79 Å². The van der Waals surface area contributed by atoms with Gasteiger partial charge in [0.1, 0.15) is 0 Å². The number of rotatable bonds is 4. The van der Waals surface area contributed by atoms with Gasteiger partial charge in [-0.1, -0.05) is 29.8 Å². The maximum absolute atomic E-state index is 13.5. The number of hydrogen-bond acceptors (Lipinski definition) is 3. The first-order valence-corrected chi connectivity index (χ1v) is 11.0. The van der Waals surface area contributed by atoms with E-state index in [0.717, 1.165) is 16.9 Å². The van der Waals surface area contributed by atoms with Crippen molar-refractivity contribution in [1.82, 2.24) is 0 Å². The smallest absolute Gasteiger partial charge is 0.335 e. The summed E-state index contributed by atoms with van der Waals surface area (Å²) in [5.41, 5.74) is 2.87. The third-order valence-electron chi connectivity index (χ3n) is 5.91. The molecule has 0 fully saturated rings. The van der Waals surface area contributed by atoms with Gasteiger partial charge in [-0.3, -0.25) is 9.59 Å². The monoisotopic (exact) mass is 462 g/mol. The van der Waals surface area contributed by atoms with Gasteiger partial charge in [-0.2, -0.15) is 0 Å². The molecule has 0 saturated carbocycles. The van der Waals surface area contributed by atoms with Gasteiger partial charge < -0.3 is 14.9 Å². The maximum Gasteiger partial charge on any atom is 0.335 e. The van der Waals surface area contributed by atoms with E-state index in [4.69, 9.17) is 16.7 Å². The van der Waals surface area contributed by atoms with Crippen molar-refractivity contribution in [3.05, 3.63) is 94.5 Å². The van der Waals surface area contributed by atoms with Gasteiger partial charge in [0.05, 0.1) is 11.6 Å². The summed E-state index contributed by atoms with van der Waals surface area (Å²) in [4.78, 5) is 40.8. The van der Waals surface area contributed by atoms with Crippen LogP contribution in [0.3, 0.4) is 0 Å². The number of aromatic carboxylic acids is 1. The lowest BCUT2D eigenvalue weighted by Gasteiger charge is -2.43. The summed E-state index contributed by atoms with van der Waals surface area (Å²) in [5.74, 6) is -1.36. The molecule has 0 aliphatic carbocycles. The first-order chi connectivity index (χ1) is 15.8. The summed E-state index contributed by atoms with van der Waals surface area (Å²) < 4.78 is 0. The summed E-state index contributed by atoms with van der Waals surface area (Å²) in [6, 6.07) is 20.2. The molecule has 2 atom stereocenters. The highest BCUT2D eigenvalue weighted by Crippen LogP contribution is 2.42. The Kier molecular flexibility index (Phi) is 6.20. The Morgan fingerprint density at radius 3 is 2.15 bits per heavy atom. The number of fused-ring (bicyclic) bond motifs is 1. The predicted octanol–water partition coefficient (Wildman–Crippen LogP) is 5.57. The standard InChI is InChI=1S/C26H23ClN2O4/c1-16-15-24(29(17(2)30)21-13-11-20(27)12-14-21)22-5-3-4-6-23(22)28(16)25(31)18-7-9-19(10-8-18)26(32)33/h3-14,16,24H,15H2,1-2H3,(H,32,33)/t16-,24+/m0/s1. The van der Waals surface area contributed by atoms with Gasteiger partial charge in [0.2, 0.25) is 5.91 Å². The Morgan fingerprint density at radius 1 is 0.939 bits per heavy atom. The number of benzene rings is 3. The number of para-hydroxylation sites is 1. The van der Waals surface area contributed by atoms with E-state index in [1.807, 2.05) is 43.3 Å². The number of carbonyl (C=O) groups is 3. The minimum absolute atomic E-state index is 0.103. The largest absolute Gasteiger partial charge is 0.478 e. The number of hydrogen-bond donors (Lipinski definition) is 1. The molecule has 0 bridgehead atoms. The van der Waals surface area contributed by atoms with Gasteiger partial charge in [-0.15, -0.1) is 0 Å². The molecule has 33 heavy (non-hydrogen) atoms. The van der Waals surface area contributed by atoms with E-state index in [1.54, 1.807) is 21.9 Å². The SMILES string of the molecule is CC(=O)N(c1ccc(Cl)cc1)[C@@H]1C[C@H](C)N(C(=O)c2ccc(C(=O)O)cc2)c2ccccc21. The summed E-state index contributed by atoms with van der Waals surface area (Å²) in [7, 11) is 0. The van der Waals surface area contributed by atoms with E-state index >= 15 is 0 Å². The average molecular weight is 463 g/mol. The van der Waals surface area contributed by atoms with Crippen molar-refractivity contribution in [2.24, 2.45) is 0 Å². The molecule has 1 aliphatic heterocycles. The minimum atomic E-state index is -1.04. The van der Waals surface area contributed by atoms with Crippen molar-refractivity contribution in [2.75, 3.05) is 9.80 Å². The van der Waals surface area contributed by atoms with E-state index in [9.17, 15) is 14.4 Å². The minimum Gasteiger partial charge on any atom is -0.478 e. The van der Waals surface area contributed by atoms with E-state index < -0.39 is 5.97 Å². The first kappa shape index (κ1) is 22.6. The molecule has 3 aromatic carbocycles. The molecule has 1 N–H and O–H groups in total. The zero-order chi connectivity index (χ0) is 23.7. The molecule has 0 radical (unpaired) electrons. The quantitative estimate of drug-likeness (QED) is 0.549. The van der Waals surface area contributed by atoms with Crippen LogP contribution in [0.25, 0.3) is 0 Å². The fourth-order valence-corrected chi connectivity index (χ4v) is 4.54. The molecule has 1 heterocycles. The molecule has 168 valence electrons. The van der Waals surface area contributed by atoms with E-state index in [1.165, 1.54) is 31.2 Å². The van der Waals surface area contributed by atoms with Gasteiger partial charge >= 0.3 is 5.97 Å². The lowest BCUT2D eigenvalue weighted by atomic mass is 9.89. The Morgan fingerprint density at radius 2 is 1.55 bits per heavy atom. The van der Waals surface area contributed by atoms with Crippen molar-refractivity contribution < 1.29 is 19.5 Å². The fourth-order valence-electron chi connectivity index (χ4n) is 4.41. The summed E-state index contributed by atoms with van der Waals surface area (Å²) >= 11 is 6.05. The van der Waals surface area contributed by atoms with Gasteiger partial charge in [0.25, 0.3) is 5.91 Å². The van der Waals surface area contributed by atoms with Crippen LogP contribution in [0.2, 0.25) is 5.02 Å². The second-order valence-electron chi connectivity index (χ2n) is 8.08. The Bertz CT molecular complexity index is 1210. The van der Waals surface area contributed by atoms with Crippen molar-refractivity contribution in [3.8, 4) is 0 Å². The zero-order valence-corrected chi connectivity index (χ0v) is 19.0. The highest BCUT2D eigenvalue weighted by molar-refractivity contribution is 6.30. The highest BCUT2D eigenvalue weighted by Gasteiger charge is 2.38. The van der Waals surface area contributed by atoms with Crippen LogP contribution >= 0.6 is 11.6 Å². The summed E-state index contributed by atoms with van der Waals surface area (Å²) in [6.45, 7) is 3.48. The van der Waals surface area contributed by atoms with E-state index in [2.05, 4.69) is 0 Å². The highest BCUT2D eigenvalue weighted by atomic mass is 35.5. The Hall–Kier alpha value is -3.64. The first-order valence-electron chi connectivity index (χ1n) is 10.6. The third-order valence-corrected chi connectivity index (χ3v) is 6.17. The number of amides is 2. The van der Waals surface area contributed by atoms with Crippen LogP contribution in [0.15, 0.2) is 72.8 Å². The van der Waals surface area contributed by atoms with Crippen molar-refractivity contribution >= 4 is 40.8 Å². The molecule has 0 spiro atoms. The van der Waals surface area contributed by atoms with Gasteiger partial charge in [0.15, 0.2) is 0 Å².